The Kier molecular flexibility index (Phi) is 6.22. The van der Waals surface area contributed by atoms with Crippen LogP contribution in [0.15, 0.2) is 48.5 Å². The summed E-state index contributed by atoms with van der Waals surface area (Å²) in [7, 11) is -2.95. The Morgan fingerprint density at radius 1 is 0.973 bits per heavy atom. The van der Waals surface area contributed by atoms with Crippen LogP contribution in [0.2, 0.25) is 0 Å². The van der Waals surface area contributed by atoms with Crippen LogP contribution in [0, 0.1) is 0 Å². The van der Waals surface area contributed by atoms with Gasteiger partial charge in [0.25, 0.3) is 0 Å². The molecule has 2 aliphatic heterocycles. The van der Waals surface area contributed by atoms with Crippen molar-refractivity contribution in [3.05, 3.63) is 70.8 Å². The number of sulfone groups is 1. The number of primary amides is 1. The average molecular weight is 519 g/mol. The van der Waals surface area contributed by atoms with E-state index in [0.29, 0.717) is 25.1 Å². The smallest absolute Gasteiger partial charge is 0.249 e. The van der Waals surface area contributed by atoms with Crippen molar-refractivity contribution in [1.82, 2.24) is 9.88 Å². The van der Waals surface area contributed by atoms with Gasteiger partial charge in [0.1, 0.15) is 0 Å². The molecule has 37 heavy (non-hydrogen) atoms. The molecule has 0 bridgehead atoms. The van der Waals surface area contributed by atoms with E-state index >= 15 is 0 Å². The molecule has 1 amide bonds. The van der Waals surface area contributed by atoms with E-state index < -0.39 is 15.7 Å². The fourth-order valence-electron chi connectivity index (χ4n) is 5.45. The van der Waals surface area contributed by atoms with Gasteiger partial charge in [-0.15, -0.1) is 0 Å². The van der Waals surface area contributed by atoms with E-state index in [1.54, 1.807) is 6.07 Å². The summed E-state index contributed by atoms with van der Waals surface area (Å²) >= 11 is 0. The van der Waals surface area contributed by atoms with Crippen LogP contribution in [0.4, 0.5) is 5.69 Å². The van der Waals surface area contributed by atoms with Crippen molar-refractivity contribution in [2.24, 2.45) is 5.73 Å². The van der Waals surface area contributed by atoms with Crippen LogP contribution in [-0.4, -0.2) is 75.1 Å². The highest BCUT2D eigenvalue weighted by molar-refractivity contribution is 7.91. The maximum absolute atomic E-state index is 12.5. The summed E-state index contributed by atoms with van der Waals surface area (Å²) in [6.45, 7) is 5.29. The van der Waals surface area contributed by atoms with Gasteiger partial charge in [0.2, 0.25) is 5.91 Å². The fourth-order valence-corrected chi connectivity index (χ4v) is 6.66. The third-order valence-corrected chi connectivity index (χ3v) is 9.18. The highest BCUT2D eigenvalue weighted by Gasteiger charge is 2.28. The first-order valence-corrected chi connectivity index (χ1v) is 14.5. The molecule has 3 heterocycles. The molecule has 1 aromatic heterocycles. The monoisotopic (exact) mass is 518 g/mol. The second kappa shape index (κ2) is 9.55. The molecule has 2 aromatic carbocycles. The first kappa shape index (κ1) is 24.1. The summed E-state index contributed by atoms with van der Waals surface area (Å²) in [4.78, 5) is 21.9. The topological polar surface area (TPSA) is 106 Å². The van der Waals surface area contributed by atoms with Crippen LogP contribution in [0.1, 0.15) is 27.0 Å². The summed E-state index contributed by atoms with van der Waals surface area (Å²) in [6.07, 6.45) is 0.578. The molecule has 2 fully saturated rings. The number of anilines is 1. The van der Waals surface area contributed by atoms with Gasteiger partial charge in [-0.05, 0) is 34.9 Å². The van der Waals surface area contributed by atoms with E-state index in [1.165, 1.54) is 5.56 Å². The predicted molar refractivity (Wildman–Crippen MR) is 143 cm³/mol. The maximum atomic E-state index is 12.5. The quantitative estimate of drug-likeness (QED) is 0.433. The molecule has 1 aliphatic carbocycles. The van der Waals surface area contributed by atoms with Gasteiger partial charge in [0.15, 0.2) is 9.84 Å². The van der Waals surface area contributed by atoms with Crippen molar-refractivity contribution < 1.29 is 17.9 Å². The van der Waals surface area contributed by atoms with Crippen LogP contribution in [-0.2, 0) is 27.5 Å². The molecular weight excluding hydrogens is 488 g/mol. The molecule has 0 saturated carbocycles. The van der Waals surface area contributed by atoms with Gasteiger partial charge in [-0.1, -0.05) is 30.3 Å². The van der Waals surface area contributed by atoms with Crippen molar-refractivity contribution in [2.45, 2.75) is 13.0 Å². The maximum Gasteiger partial charge on any atom is 0.249 e. The van der Waals surface area contributed by atoms with Gasteiger partial charge in [0, 0.05) is 61.5 Å². The van der Waals surface area contributed by atoms with Crippen molar-refractivity contribution in [1.29, 1.82) is 0 Å². The number of fused-ring (bicyclic) bond motifs is 3. The zero-order chi connectivity index (χ0) is 25.6. The molecule has 2 N–H and O–H groups in total. The van der Waals surface area contributed by atoms with Gasteiger partial charge in [-0.3, -0.25) is 9.69 Å². The molecule has 0 radical (unpaired) electrons. The Labute approximate surface area is 217 Å². The summed E-state index contributed by atoms with van der Waals surface area (Å²) in [5, 5.41) is 0. The summed E-state index contributed by atoms with van der Waals surface area (Å²) < 4.78 is 29.1. The zero-order valence-electron chi connectivity index (χ0n) is 20.7. The lowest BCUT2D eigenvalue weighted by Crippen LogP contribution is -2.40. The molecule has 8 nitrogen and oxygen atoms in total. The lowest BCUT2D eigenvalue weighted by atomic mass is 10.0. The first-order chi connectivity index (χ1) is 17.9. The third-order valence-electron chi connectivity index (χ3n) is 7.57. The summed E-state index contributed by atoms with van der Waals surface area (Å²) in [6, 6.07) is 16.3. The number of nitrogens with zero attached hydrogens (tertiary/aromatic N) is 3. The van der Waals surface area contributed by atoms with E-state index in [1.807, 2.05) is 12.1 Å². The number of rotatable bonds is 5. The van der Waals surface area contributed by atoms with Gasteiger partial charge >= 0.3 is 0 Å². The normalized spacial score (nSPS) is 18.9. The second-order valence-electron chi connectivity index (χ2n) is 9.99. The van der Waals surface area contributed by atoms with E-state index in [9.17, 15) is 13.2 Å². The van der Waals surface area contributed by atoms with Gasteiger partial charge in [0.05, 0.1) is 36.1 Å². The third kappa shape index (κ3) is 4.86. The van der Waals surface area contributed by atoms with Crippen molar-refractivity contribution in [3.63, 3.8) is 0 Å². The number of aromatic nitrogens is 1. The number of morpholine rings is 1. The van der Waals surface area contributed by atoms with Crippen molar-refractivity contribution in [3.8, 4) is 22.5 Å². The van der Waals surface area contributed by atoms with Crippen LogP contribution in [0.3, 0.4) is 0 Å². The second-order valence-corrected chi connectivity index (χ2v) is 12.3. The molecule has 0 atom stereocenters. The average Bonchev–Trinajstić information content (AvgIpc) is 3.27. The molecule has 192 valence electrons. The SMILES string of the molecule is NC(=O)c1cc(-c2ccc(CN3CCOCC3)cc2)nc2c1Cc1cc(N3CCS(=O)(=O)CC3)ccc1-2. The molecule has 0 unspecified atom stereocenters. The highest BCUT2D eigenvalue weighted by atomic mass is 32.2. The van der Waals surface area contributed by atoms with Crippen LogP contribution >= 0.6 is 0 Å². The number of ether oxygens (including phenoxy) is 1. The molecule has 2 saturated heterocycles. The molecule has 9 heteroatoms. The minimum Gasteiger partial charge on any atom is -0.379 e. The Morgan fingerprint density at radius 3 is 2.41 bits per heavy atom. The first-order valence-electron chi connectivity index (χ1n) is 12.7. The number of benzene rings is 2. The molecule has 0 spiro atoms. The Morgan fingerprint density at radius 2 is 1.70 bits per heavy atom. The number of pyridine rings is 1. The zero-order valence-corrected chi connectivity index (χ0v) is 21.5. The molecule has 6 rings (SSSR count). The number of hydrogen-bond donors (Lipinski definition) is 1. The lowest BCUT2D eigenvalue weighted by molar-refractivity contribution is 0.0342. The Balaban J connectivity index is 1.29. The summed E-state index contributed by atoms with van der Waals surface area (Å²) in [5.74, 6) is -0.114. The predicted octanol–water partition coefficient (Wildman–Crippen LogP) is 2.49. The van der Waals surface area contributed by atoms with E-state index in [-0.39, 0.29) is 11.5 Å². The molecule has 3 aliphatic rings. The minimum absolute atomic E-state index is 0.173. The number of hydrogen-bond acceptors (Lipinski definition) is 7. The largest absolute Gasteiger partial charge is 0.379 e. The number of nitrogens with two attached hydrogens (primary N) is 1. The number of carbonyl (C=O) groups excluding carboxylic acids is 1. The van der Waals surface area contributed by atoms with Gasteiger partial charge < -0.3 is 15.4 Å². The Hall–Kier alpha value is -3.27. The van der Waals surface area contributed by atoms with Crippen molar-refractivity contribution >= 4 is 21.4 Å². The van der Waals surface area contributed by atoms with Gasteiger partial charge in [-0.2, -0.15) is 0 Å². The van der Waals surface area contributed by atoms with Gasteiger partial charge in [-0.25, -0.2) is 13.4 Å². The highest BCUT2D eigenvalue weighted by Crippen LogP contribution is 2.40. The van der Waals surface area contributed by atoms with Crippen LogP contribution in [0.5, 0.6) is 0 Å². The van der Waals surface area contributed by atoms with E-state index in [4.69, 9.17) is 15.5 Å². The summed E-state index contributed by atoms with van der Waals surface area (Å²) in [5.41, 5.74) is 13.9. The number of carbonyl (C=O) groups is 1. The Bertz CT molecular complexity index is 1450. The molecule has 3 aromatic rings. The fraction of sp³-hybridized carbons (Fsp3) is 0.357. The van der Waals surface area contributed by atoms with Crippen LogP contribution in [0.25, 0.3) is 22.5 Å². The van der Waals surface area contributed by atoms with Crippen LogP contribution < -0.4 is 10.6 Å². The van der Waals surface area contributed by atoms with Crippen molar-refractivity contribution in [2.75, 3.05) is 55.8 Å². The van der Waals surface area contributed by atoms with E-state index in [0.717, 1.165) is 72.2 Å². The number of amides is 1. The molecular formula is C28H30N4O4S. The minimum atomic E-state index is -2.95. The van der Waals surface area contributed by atoms with E-state index in [2.05, 4.69) is 40.1 Å². The lowest BCUT2D eigenvalue weighted by Gasteiger charge is -2.29. The standard InChI is InChI=1S/C28H30N4O4S/c29-28(33)25-17-26(20-3-1-19(2-4-20)18-31-7-11-36-12-8-31)30-27-23-6-5-22(15-21(23)16-24(25)27)32-9-13-37(34,35)14-10-32/h1-6,15,17H,7-14,16,18H2,(H2,29,33).